The van der Waals surface area contributed by atoms with Crippen LogP contribution in [-0.2, 0) is 14.4 Å². The zero-order valence-corrected chi connectivity index (χ0v) is 17.5. The molecule has 6 rings (SSSR count). The molecule has 1 saturated heterocycles. The molecule has 2 amide bonds. The fourth-order valence-corrected chi connectivity index (χ4v) is 6.21. The third kappa shape index (κ3) is 2.51. The predicted octanol–water partition coefficient (Wildman–Crippen LogP) is 3.72. The Morgan fingerprint density at radius 3 is 2.26 bits per heavy atom. The molecule has 6 nitrogen and oxygen atoms in total. The average molecular weight is 435 g/mol. The van der Waals surface area contributed by atoms with E-state index >= 15 is 0 Å². The molecule has 0 aromatic heterocycles. The molecule has 2 aliphatic carbocycles. The molecular weight excluding hydrogens is 416 g/mol. The van der Waals surface area contributed by atoms with Crippen LogP contribution in [0.5, 0.6) is 0 Å². The lowest BCUT2D eigenvalue weighted by Gasteiger charge is -2.29. The summed E-state index contributed by atoms with van der Waals surface area (Å²) in [6.07, 6.45) is 0.625. The lowest BCUT2D eigenvalue weighted by atomic mass is 9.71. The predicted molar refractivity (Wildman–Crippen MR) is 114 cm³/mol. The molecule has 2 heterocycles. The van der Waals surface area contributed by atoms with Crippen LogP contribution in [0.25, 0.3) is 0 Å². The van der Waals surface area contributed by atoms with Crippen LogP contribution >= 0.6 is 11.6 Å². The molecule has 2 bridgehead atoms. The number of Topliss-reactive ketones (excluding diaryl/α,β-unsaturated/α-hetero) is 1. The van der Waals surface area contributed by atoms with Crippen molar-refractivity contribution in [3.8, 4) is 0 Å². The summed E-state index contributed by atoms with van der Waals surface area (Å²) in [7, 11) is 0. The van der Waals surface area contributed by atoms with Crippen LogP contribution < -0.4 is 4.90 Å². The number of amides is 2. The third-order valence-electron chi connectivity index (χ3n) is 7.36. The van der Waals surface area contributed by atoms with E-state index in [0.29, 0.717) is 16.3 Å². The van der Waals surface area contributed by atoms with Gasteiger partial charge in [0.2, 0.25) is 11.8 Å². The molecule has 2 aromatic rings. The number of benzene rings is 2. The van der Waals surface area contributed by atoms with Gasteiger partial charge in [-0.15, -0.1) is 0 Å². The molecule has 4 aliphatic rings. The first-order valence-corrected chi connectivity index (χ1v) is 10.8. The number of hydrogen-bond acceptors (Lipinski definition) is 5. The van der Waals surface area contributed by atoms with Gasteiger partial charge in [-0.1, -0.05) is 28.9 Å². The second-order valence-corrected chi connectivity index (χ2v) is 9.25. The molecule has 2 saturated carbocycles. The molecule has 31 heavy (non-hydrogen) atoms. The summed E-state index contributed by atoms with van der Waals surface area (Å²) in [6.45, 7) is 1.49. The van der Waals surface area contributed by atoms with Crippen LogP contribution in [0, 0.1) is 29.6 Å². The first kappa shape index (κ1) is 18.8. The maximum atomic E-state index is 13.4. The van der Waals surface area contributed by atoms with E-state index in [2.05, 4.69) is 5.16 Å². The van der Waals surface area contributed by atoms with Gasteiger partial charge in [0, 0.05) is 22.4 Å². The van der Waals surface area contributed by atoms with Crippen molar-refractivity contribution >= 4 is 40.6 Å². The number of ketones is 1. The number of oxime groups is 1. The number of anilines is 1. The highest BCUT2D eigenvalue weighted by atomic mass is 35.5. The van der Waals surface area contributed by atoms with Gasteiger partial charge in [0.25, 0.3) is 0 Å². The van der Waals surface area contributed by atoms with Gasteiger partial charge in [0.1, 0.15) is 6.10 Å². The number of rotatable bonds is 3. The van der Waals surface area contributed by atoms with Gasteiger partial charge in [-0.25, -0.2) is 0 Å². The summed E-state index contributed by atoms with van der Waals surface area (Å²) >= 11 is 6.02. The Kier molecular flexibility index (Phi) is 3.93. The summed E-state index contributed by atoms with van der Waals surface area (Å²) in [5.74, 6) is -1.10. The minimum absolute atomic E-state index is 0.00390. The molecule has 0 N–H and O–H groups in total. The minimum Gasteiger partial charge on any atom is -0.391 e. The molecule has 2 aromatic carbocycles. The van der Waals surface area contributed by atoms with Gasteiger partial charge in [0.05, 0.1) is 23.2 Å². The van der Waals surface area contributed by atoms with E-state index in [1.165, 1.54) is 11.8 Å². The van der Waals surface area contributed by atoms with Crippen molar-refractivity contribution in [3.63, 3.8) is 0 Å². The van der Waals surface area contributed by atoms with E-state index in [1.54, 1.807) is 24.3 Å². The number of carbonyl (C=O) groups excluding carboxylic acids is 3. The molecule has 7 heteroatoms. The van der Waals surface area contributed by atoms with Crippen LogP contribution in [0.3, 0.4) is 0 Å². The Morgan fingerprint density at radius 2 is 1.61 bits per heavy atom. The highest BCUT2D eigenvalue weighted by Crippen LogP contribution is 2.62. The van der Waals surface area contributed by atoms with Crippen molar-refractivity contribution in [2.24, 2.45) is 34.7 Å². The van der Waals surface area contributed by atoms with Crippen molar-refractivity contribution in [1.29, 1.82) is 0 Å². The van der Waals surface area contributed by atoms with Gasteiger partial charge >= 0.3 is 0 Å². The first-order valence-electron chi connectivity index (χ1n) is 10.4. The minimum atomic E-state index is -0.369. The molecule has 0 radical (unpaired) electrons. The molecule has 0 unspecified atom stereocenters. The molecule has 156 valence electrons. The van der Waals surface area contributed by atoms with Gasteiger partial charge in [-0.3, -0.25) is 19.3 Å². The summed E-state index contributed by atoms with van der Waals surface area (Å²) < 4.78 is 0. The summed E-state index contributed by atoms with van der Waals surface area (Å²) in [5, 5.41) is 5.00. The average Bonchev–Trinajstić information content (AvgIpc) is 3.49. The summed E-state index contributed by atoms with van der Waals surface area (Å²) in [4.78, 5) is 45.4. The van der Waals surface area contributed by atoms with E-state index in [9.17, 15) is 14.4 Å². The van der Waals surface area contributed by atoms with Crippen LogP contribution in [0.2, 0.25) is 5.02 Å². The highest BCUT2D eigenvalue weighted by molar-refractivity contribution is 6.30. The van der Waals surface area contributed by atoms with Gasteiger partial charge in [-0.2, -0.15) is 0 Å². The highest BCUT2D eigenvalue weighted by Gasteiger charge is 2.70. The quantitative estimate of drug-likeness (QED) is 0.545. The van der Waals surface area contributed by atoms with Crippen LogP contribution in [0.15, 0.2) is 53.7 Å². The Balaban J connectivity index is 1.32. The monoisotopic (exact) mass is 434 g/mol. The third-order valence-corrected chi connectivity index (χ3v) is 7.61. The SMILES string of the molecule is CC(=O)c1ccc(N2C(=O)[C@@H]3[C@H]4C[C@@H]([C@H]5ON=C(c6ccc(Cl)cc6)[C@@H]45)[C@H]3C2=O)cc1. The number of halogens is 1. The van der Waals surface area contributed by atoms with E-state index < -0.39 is 0 Å². The maximum absolute atomic E-state index is 13.4. The number of carbonyl (C=O) groups is 3. The van der Waals surface area contributed by atoms with Crippen molar-refractivity contribution in [1.82, 2.24) is 0 Å². The molecule has 2 aliphatic heterocycles. The summed E-state index contributed by atoms with van der Waals surface area (Å²) in [6, 6.07) is 14.1. The number of imide groups is 1. The molecule has 3 fully saturated rings. The smallest absolute Gasteiger partial charge is 0.238 e. The standard InChI is InChI=1S/C24H19ClN2O4/c1-11(28)12-4-8-15(9-5-12)27-23(29)18-16-10-17(19(18)24(27)30)22-20(16)21(26-31-22)13-2-6-14(25)7-3-13/h2-9,16-20,22H,10H2,1H3/t16-,17-,18-,19-,20-,22-/m1/s1. The number of nitrogens with zero attached hydrogens (tertiary/aromatic N) is 2. The Morgan fingerprint density at radius 1 is 0.968 bits per heavy atom. The second-order valence-electron chi connectivity index (χ2n) is 8.81. The normalized spacial score (nSPS) is 32.7. The molecular formula is C24H19ClN2O4. The van der Waals surface area contributed by atoms with Crippen LogP contribution in [0.4, 0.5) is 5.69 Å². The lowest BCUT2D eigenvalue weighted by molar-refractivity contribution is -0.125. The van der Waals surface area contributed by atoms with E-state index in [1.807, 2.05) is 24.3 Å². The van der Waals surface area contributed by atoms with Gasteiger partial charge < -0.3 is 4.84 Å². The van der Waals surface area contributed by atoms with E-state index in [-0.39, 0.29) is 53.3 Å². The topological polar surface area (TPSA) is 76.0 Å². The number of fused-ring (bicyclic) bond motifs is 8. The second kappa shape index (κ2) is 6.50. The van der Waals surface area contributed by atoms with Gasteiger partial charge in [-0.05, 0) is 61.2 Å². The first-order chi connectivity index (χ1) is 15.0. The Hall–Kier alpha value is -2.99. The molecule has 6 atom stereocenters. The summed E-state index contributed by atoms with van der Waals surface area (Å²) in [5.41, 5.74) is 2.85. The van der Waals surface area contributed by atoms with Crippen molar-refractivity contribution < 1.29 is 19.2 Å². The van der Waals surface area contributed by atoms with E-state index in [0.717, 1.165) is 17.7 Å². The van der Waals surface area contributed by atoms with Crippen LogP contribution in [-0.4, -0.2) is 29.4 Å². The zero-order chi connectivity index (χ0) is 21.4. The van der Waals surface area contributed by atoms with Crippen LogP contribution in [0.1, 0.15) is 29.3 Å². The Labute approximate surface area is 183 Å². The van der Waals surface area contributed by atoms with Crippen molar-refractivity contribution in [3.05, 3.63) is 64.7 Å². The van der Waals surface area contributed by atoms with Gasteiger partial charge in [0.15, 0.2) is 5.78 Å². The largest absolute Gasteiger partial charge is 0.391 e. The van der Waals surface area contributed by atoms with Crippen molar-refractivity contribution in [2.45, 2.75) is 19.4 Å². The fraction of sp³-hybridized carbons (Fsp3) is 0.333. The van der Waals surface area contributed by atoms with E-state index in [4.69, 9.17) is 16.4 Å². The van der Waals surface area contributed by atoms with Crippen molar-refractivity contribution in [2.75, 3.05) is 4.90 Å². The maximum Gasteiger partial charge on any atom is 0.238 e. The Bertz CT molecular complexity index is 1160. The molecule has 0 spiro atoms. The number of hydrogen-bond donors (Lipinski definition) is 0. The fourth-order valence-electron chi connectivity index (χ4n) is 6.08. The zero-order valence-electron chi connectivity index (χ0n) is 16.7. The lowest BCUT2D eigenvalue weighted by Crippen LogP contribution is -2.41.